The second kappa shape index (κ2) is 6.28. The maximum Gasteiger partial charge on any atom is 0.363 e. The Bertz CT molecular complexity index is 725. The summed E-state index contributed by atoms with van der Waals surface area (Å²) in [5.74, 6) is 0.600. The van der Waals surface area contributed by atoms with E-state index in [4.69, 9.17) is 4.74 Å². The Morgan fingerprint density at radius 2 is 2.00 bits per heavy atom. The number of hydrogen-bond donors (Lipinski definition) is 0. The first-order valence-corrected chi connectivity index (χ1v) is 8.20. The van der Waals surface area contributed by atoms with Gasteiger partial charge in [0.1, 0.15) is 0 Å². The lowest BCUT2D eigenvalue weighted by Gasteiger charge is -2.05. The van der Waals surface area contributed by atoms with E-state index < -0.39 is 5.97 Å². The number of hydrogen-bond acceptors (Lipinski definition) is 4. The van der Waals surface area contributed by atoms with Gasteiger partial charge in [0.25, 0.3) is 0 Å². The number of esters is 1. The van der Waals surface area contributed by atoms with Crippen molar-refractivity contribution in [2.45, 2.75) is 20.3 Å². The van der Waals surface area contributed by atoms with Crippen LogP contribution in [0.2, 0.25) is 0 Å². The molecule has 0 aliphatic carbocycles. The molecule has 0 N–H and O–H groups in total. The molecule has 22 heavy (non-hydrogen) atoms. The van der Waals surface area contributed by atoms with E-state index in [0.717, 1.165) is 17.5 Å². The maximum absolute atomic E-state index is 11.9. The van der Waals surface area contributed by atoms with Gasteiger partial charge in [-0.25, -0.2) is 9.79 Å². The monoisotopic (exact) mass is 311 g/mol. The molecule has 0 fully saturated rings. The normalized spacial score (nSPS) is 16.2. The van der Waals surface area contributed by atoms with Crippen molar-refractivity contribution >= 4 is 29.3 Å². The number of thiophene rings is 1. The van der Waals surface area contributed by atoms with Crippen molar-refractivity contribution in [2.24, 2.45) is 10.9 Å². The topological polar surface area (TPSA) is 38.7 Å². The van der Waals surface area contributed by atoms with Crippen LogP contribution >= 0.6 is 11.3 Å². The molecule has 0 radical (unpaired) electrons. The summed E-state index contributed by atoms with van der Waals surface area (Å²) in [6, 6.07) is 9.98. The maximum atomic E-state index is 11.9. The summed E-state index contributed by atoms with van der Waals surface area (Å²) in [5, 5.41) is 3.93. The van der Waals surface area contributed by atoms with Crippen LogP contribution in [0.3, 0.4) is 0 Å². The summed E-state index contributed by atoms with van der Waals surface area (Å²) in [6.07, 6.45) is 2.79. The van der Waals surface area contributed by atoms with Crippen LogP contribution in [0, 0.1) is 5.92 Å². The van der Waals surface area contributed by atoms with E-state index in [2.05, 4.69) is 31.0 Å². The Morgan fingerprint density at radius 3 is 2.64 bits per heavy atom. The van der Waals surface area contributed by atoms with Gasteiger partial charge in [0.15, 0.2) is 5.70 Å². The van der Waals surface area contributed by atoms with Crippen LogP contribution in [0.4, 0.5) is 0 Å². The third-order valence-corrected chi connectivity index (χ3v) is 4.01. The number of cyclic esters (lactones) is 1. The van der Waals surface area contributed by atoms with E-state index >= 15 is 0 Å². The van der Waals surface area contributed by atoms with Gasteiger partial charge in [0.2, 0.25) is 5.90 Å². The molecule has 2 aromatic rings. The lowest BCUT2D eigenvalue weighted by atomic mass is 10.0. The molecular formula is C18H17NO2S. The Kier molecular flexibility index (Phi) is 4.20. The molecule has 3 rings (SSSR count). The van der Waals surface area contributed by atoms with Gasteiger partial charge in [0.05, 0.1) is 0 Å². The quantitative estimate of drug-likeness (QED) is 0.624. The van der Waals surface area contributed by atoms with Crippen LogP contribution in [0.15, 0.2) is 51.8 Å². The molecule has 0 spiro atoms. The minimum atomic E-state index is -0.396. The van der Waals surface area contributed by atoms with Crippen LogP contribution < -0.4 is 0 Å². The standard InChI is InChI=1S/C18H17NO2S/c1-12(2)9-13-3-5-15(6-4-13)17-19-16(18(20)21-17)10-14-7-8-22-11-14/h3-8,10-12H,9H2,1-2H3/b16-10+. The molecule has 1 aliphatic heterocycles. The van der Waals surface area contributed by atoms with Gasteiger partial charge in [-0.15, -0.1) is 0 Å². The van der Waals surface area contributed by atoms with Gasteiger partial charge >= 0.3 is 5.97 Å². The first-order chi connectivity index (χ1) is 10.6. The summed E-state index contributed by atoms with van der Waals surface area (Å²) >= 11 is 1.58. The lowest BCUT2D eigenvalue weighted by Crippen LogP contribution is -2.05. The van der Waals surface area contributed by atoms with E-state index in [0.29, 0.717) is 17.5 Å². The second-order valence-electron chi connectivity index (χ2n) is 5.69. The SMILES string of the molecule is CC(C)Cc1ccc(C2=N/C(=C/c3ccsc3)C(=O)O2)cc1. The van der Waals surface area contributed by atoms with Crippen molar-refractivity contribution in [1.82, 2.24) is 0 Å². The van der Waals surface area contributed by atoms with Crippen LogP contribution in [0.5, 0.6) is 0 Å². The molecule has 0 unspecified atom stereocenters. The predicted octanol–water partition coefficient (Wildman–Crippen LogP) is 4.29. The molecule has 1 aromatic carbocycles. The third kappa shape index (κ3) is 3.34. The first kappa shape index (κ1) is 14.7. The molecule has 0 saturated heterocycles. The molecule has 0 amide bonds. The fraction of sp³-hybridized carbons (Fsp3) is 0.222. The highest BCUT2D eigenvalue weighted by Gasteiger charge is 2.24. The van der Waals surface area contributed by atoms with E-state index in [9.17, 15) is 4.79 Å². The number of nitrogens with zero attached hydrogens (tertiary/aromatic N) is 1. The van der Waals surface area contributed by atoms with Gasteiger partial charge < -0.3 is 4.74 Å². The molecule has 1 aliphatic rings. The predicted molar refractivity (Wildman–Crippen MR) is 89.9 cm³/mol. The molecule has 0 bridgehead atoms. The zero-order chi connectivity index (χ0) is 15.5. The zero-order valence-corrected chi connectivity index (χ0v) is 13.4. The van der Waals surface area contributed by atoms with Crippen LogP contribution in [0.25, 0.3) is 6.08 Å². The molecule has 1 aromatic heterocycles. The van der Waals surface area contributed by atoms with Crippen LogP contribution in [0.1, 0.15) is 30.5 Å². The average molecular weight is 311 g/mol. The third-order valence-electron chi connectivity index (χ3n) is 3.31. The molecule has 4 heteroatoms. The van der Waals surface area contributed by atoms with Gasteiger partial charge in [-0.2, -0.15) is 11.3 Å². The van der Waals surface area contributed by atoms with E-state index in [-0.39, 0.29) is 0 Å². The number of benzene rings is 1. The summed E-state index contributed by atoms with van der Waals surface area (Å²) in [7, 11) is 0. The molecular weight excluding hydrogens is 294 g/mol. The van der Waals surface area contributed by atoms with Crippen LogP contribution in [-0.2, 0) is 16.0 Å². The summed E-state index contributed by atoms with van der Waals surface area (Å²) in [5.41, 5.74) is 3.42. The number of aliphatic imine (C=N–C) groups is 1. The second-order valence-corrected chi connectivity index (χ2v) is 6.47. The van der Waals surface area contributed by atoms with Crippen molar-refractivity contribution in [1.29, 1.82) is 0 Å². The summed E-state index contributed by atoms with van der Waals surface area (Å²) in [4.78, 5) is 16.2. The highest BCUT2D eigenvalue weighted by molar-refractivity contribution is 7.08. The fourth-order valence-electron chi connectivity index (χ4n) is 2.30. The highest BCUT2D eigenvalue weighted by atomic mass is 32.1. The van der Waals surface area contributed by atoms with Crippen LogP contribution in [-0.4, -0.2) is 11.9 Å². The average Bonchev–Trinajstić information content (AvgIpc) is 3.10. The Balaban J connectivity index is 1.82. The molecule has 2 heterocycles. The van der Waals surface area contributed by atoms with Crippen molar-refractivity contribution in [3.05, 3.63) is 63.5 Å². The number of ether oxygens (including phenoxy) is 1. The first-order valence-electron chi connectivity index (χ1n) is 7.26. The molecule has 112 valence electrons. The van der Waals surface area contributed by atoms with Crippen molar-refractivity contribution < 1.29 is 9.53 Å². The number of rotatable bonds is 4. The molecule has 0 atom stereocenters. The number of carbonyl (C=O) groups excluding carboxylic acids is 1. The Labute approximate surface area is 134 Å². The molecule has 3 nitrogen and oxygen atoms in total. The van der Waals surface area contributed by atoms with Gasteiger partial charge in [-0.3, -0.25) is 0 Å². The minimum absolute atomic E-state index is 0.347. The zero-order valence-electron chi connectivity index (χ0n) is 12.6. The highest BCUT2D eigenvalue weighted by Crippen LogP contribution is 2.20. The summed E-state index contributed by atoms with van der Waals surface area (Å²) < 4.78 is 5.28. The molecule has 0 saturated carbocycles. The van der Waals surface area contributed by atoms with E-state index in [1.54, 1.807) is 17.4 Å². The number of carbonyl (C=O) groups is 1. The van der Waals surface area contributed by atoms with Gasteiger partial charge in [-0.1, -0.05) is 26.0 Å². The fourth-order valence-corrected chi connectivity index (χ4v) is 2.92. The smallest absolute Gasteiger partial charge is 0.363 e. The van der Waals surface area contributed by atoms with Gasteiger partial charge in [0, 0.05) is 5.56 Å². The van der Waals surface area contributed by atoms with Crippen molar-refractivity contribution in [3.8, 4) is 0 Å². The lowest BCUT2D eigenvalue weighted by molar-refractivity contribution is -0.129. The van der Waals surface area contributed by atoms with E-state index in [1.165, 1.54) is 5.56 Å². The van der Waals surface area contributed by atoms with E-state index in [1.807, 2.05) is 29.0 Å². The van der Waals surface area contributed by atoms with Crippen molar-refractivity contribution in [3.63, 3.8) is 0 Å². The Hall–Kier alpha value is -2.20. The Morgan fingerprint density at radius 1 is 1.23 bits per heavy atom. The minimum Gasteiger partial charge on any atom is -0.402 e. The van der Waals surface area contributed by atoms with Gasteiger partial charge in [-0.05, 0) is 58.5 Å². The van der Waals surface area contributed by atoms with Crippen molar-refractivity contribution in [2.75, 3.05) is 0 Å². The largest absolute Gasteiger partial charge is 0.402 e. The summed E-state index contributed by atoms with van der Waals surface area (Å²) in [6.45, 7) is 4.39.